The summed E-state index contributed by atoms with van der Waals surface area (Å²) in [6, 6.07) is -4.22. The molecule has 0 rings (SSSR count). The lowest BCUT2D eigenvalue weighted by atomic mass is 10.0. The summed E-state index contributed by atoms with van der Waals surface area (Å²) in [5, 5.41) is 25.7. The molecule has 9 N–H and O–H groups in total. The van der Waals surface area contributed by atoms with E-state index in [1.54, 1.807) is 0 Å². The number of amides is 3. The fourth-order valence-electron chi connectivity index (χ4n) is 3.23. The third-order valence-corrected chi connectivity index (χ3v) is 5.79. The van der Waals surface area contributed by atoms with Crippen LogP contribution in [0.1, 0.15) is 58.8 Å². The maximum atomic E-state index is 13.0. The molecule has 0 fully saturated rings. The van der Waals surface area contributed by atoms with Crippen molar-refractivity contribution in [2.24, 2.45) is 17.4 Å². The molecule has 202 valence electrons. The minimum absolute atomic E-state index is 0.188. The lowest BCUT2D eigenvalue weighted by Gasteiger charge is -2.25. The van der Waals surface area contributed by atoms with Crippen LogP contribution in [0.4, 0.5) is 0 Å². The van der Waals surface area contributed by atoms with Crippen LogP contribution in [0, 0.1) is 5.92 Å². The van der Waals surface area contributed by atoms with E-state index in [4.69, 9.17) is 16.6 Å². The Bertz CT molecular complexity index is 708. The first-order valence-corrected chi connectivity index (χ1v) is 13.1. The minimum Gasteiger partial charge on any atom is -0.481 e. The molecule has 0 aliphatic carbocycles. The van der Waals surface area contributed by atoms with Gasteiger partial charge in [0.1, 0.15) is 18.1 Å². The average molecular weight is 520 g/mol. The highest BCUT2D eigenvalue weighted by atomic mass is 32.2. The van der Waals surface area contributed by atoms with Gasteiger partial charge in [-0.2, -0.15) is 11.8 Å². The molecule has 13 heteroatoms. The highest BCUT2D eigenvalue weighted by Gasteiger charge is 2.30. The lowest BCUT2D eigenvalue weighted by molar-refractivity contribution is -0.143. The third-order valence-electron chi connectivity index (χ3n) is 5.15. The van der Waals surface area contributed by atoms with Crippen LogP contribution < -0.4 is 27.4 Å². The number of nitrogens with one attached hydrogen (secondary N) is 3. The van der Waals surface area contributed by atoms with E-state index in [-0.39, 0.29) is 18.8 Å². The maximum absolute atomic E-state index is 13.0. The van der Waals surface area contributed by atoms with E-state index in [2.05, 4.69) is 16.0 Å². The van der Waals surface area contributed by atoms with Gasteiger partial charge in [0.05, 0.1) is 6.04 Å². The second-order valence-corrected chi connectivity index (χ2v) is 9.74. The SMILES string of the molecule is CSCCC(NC(=O)C(N)CC(C)C)C(=O)NC(CCCCN)C(=O)NC(CCC(=O)O)C(=O)O. The third kappa shape index (κ3) is 14.6. The number of thioether (sulfide) groups is 1. The van der Waals surface area contributed by atoms with Gasteiger partial charge in [0.15, 0.2) is 0 Å². The van der Waals surface area contributed by atoms with E-state index < -0.39 is 60.2 Å². The molecular weight excluding hydrogens is 478 g/mol. The van der Waals surface area contributed by atoms with E-state index in [1.807, 2.05) is 20.1 Å². The molecule has 0 radical (unpaired) electrons. The van der Waals surface area contributed by atoms with Gasteiger partial charge >= 0.3 is 11.9 Å². The average Bonchev–Trinajstić information content (AvgIpc) is 2.77. The first-order valence-electron chi connectivity index (χ1n) is 11.7. The van der Waals surface area contributed by atoms with Crippen molar-refractivity contribution < 1.29 is 34.2 Å². The van der Waals surface area contributed by atoms with Gasteiger partial charge in [-0.25, -0.2) is 4.79 Å². The smallest absolute Gasteiger partial charge is 0.326 e. The molecule has 3 amide bonds. The Hall–Kier alpha value is -2.38. The van der Waals surface area contributed by atoms with Gasteiger partial charge in [-0.15, -0.1) is 0 Å². The molecule has 0 aliphatic rings. The zero-order chi connectivity index (χ0) is 27.0. The van der Waals surface area contributed by atoms with Crippen LogP contribution in [0.25, 0.3) is 0 Å². The van der Waals surface area contributed by atoms with Crippen molar-refractivity contribution in [2.45, 2.75) is 83.0 Å². The largest absolute Gasteiger partial charge is 0.481 e. The second-order valence-electron chi connectivity index (χ2n) is 8.76. The summed E-state index contributed by atoms with van der Waals surface area (Å²) >= 11 is 1.49. The number of carboxylic acids is 2. The van der Waals surface area contributed by atoms with Crippen LogP contribution >= 0.6 is 11.8 Å². The fourth-order valence-corrected chi connectivity index (χ4v) is 3.70. The van der Waals surface area contributed by atoms with Crippen LogP contribution in [0.15, 0.2) is 0 Å². The predicted molar refractivity (Wildman–Crippen MR) is 134 cm³/mol. The van der Waals surface area contributed by atoms with Crippen LogP contribution in [-0.2, 0) is 24.0 Å². The van der Waals surface area contributed by atoms with E-state index in [9.17, 15) is 29.1 Å². The van der Waals surface area contributed by atoms with Gasteiger partial charge < -0.3 is 37.6 Å². The van der Waals surface area contributed by atoms with Crippen molar-refractivity contribution in [3.63, 3.8) is 0 Å². The number of unbranched alkanes of at least 4 members (excludes halogenated alkanes) is 1. The molecule has 0 aromatic rings. The van der Waals surface area contributed by atoms with Crippen molar-refractivity contribution >= 4 is 41.4 Å². The number of hydrogen-bond donors (Lipinski definition) is 7. The van der Waals surface area contributed by atoms with Gasteiger partial charge in [-0.05, 0) is 63.0 Å². The topological polar surface area (TPSA) is 214 Å². The first kappa shape index (κ1) is 32.6. The number of carbonyl (C=O) groups excluding carboxylic acids is 3. The number of aliphatic carboxylic acids is 2. The van der Waals surface area contributed by atoms with Gasteiger partial charge in [0.2, 0.25) is 17.7 Å². The molecule has 0 aliphatic heterocycles. The van der Waals surface area contributed by atoms with Gasteiger partial charge in [-0.3, -0.25) is 19.2 Å². The number of carbonyl (C=O) groups is 5. The monoisotopic (exact) mass is 519 g/mol. The number of hydrogen-bond acceptors (Lipinski definition) is 8. The summed E-state index contributed by atoms with van der Waals surface area (Å²) in [5.74, 6) is -3.62. The predicted octanol–water partition coefficient (Wildman–Crippen LogP) is -0.354. The van der Waals surface area contributed by atoms with Crippen molar-refractivity contribution in [3.05, 3.63) is 0 Å². The Balaban J connectivity index is 5.48. The van der Waals surface area contributed by atoms with E-state index in [0.29, 0.717) is 38.0 Å². The zero-order valence-electron chi connectivity index (χ0n) is 20.7. The summed E-state index contributed by atoms with van der Waals surface area (Å²) < 4.78 is 0. The molecule has 4 atom stereocenters. The summed E-state index contributed by atoms with van der Waals surface area (Å²) in [6.07, 6.45) is 3.12. The Labute approximate surface area is 210 Å². The highest BCUT2D eigenvalue weighted by molar-refractivity contribution is 7.98. The molecule has 0 saturated heterocycles. The van der Waals surface area contributed by atoms with Crippen molar-refractivity contribution in [2.75, 3.05) is 18.6 Å². The highest BCUT2D eigenvalue weighted by Crippen LogP contribution is 2.08. The zero-order valence-corrected chi connectivity index (χ0v) is 21.6. The molecule has 0 spiro atoms. The van der Waals surface area contributed by atoms with Crippen molar-refractivity contribution in [1.82, 2.24) is 16.0 Å². The molecule has 0 bridgehead atoms. The number of rotatable bonds is 19. The molecule has 0 aromatic carbocycles. The fraction of sp³-hybridized carbons (Fsp3) is 0.773. The van der Waals surface area contributed by atoms with E-state index >= 15 is 0 Å². The van der Waals surface area contributed by atoms with E-state index in [0.717, 1.165) is 0 Å². The Kier molecular flexibility index (Phi) is 16.7. The van der Waals surface area contributed by atoms with Crippen LogP contribution in [-0.4, -0.2) is 82.6 Å². The standard InChI is InChI=1S/C22H41N5O7S/c1-13(2)12-14(24)19(30)25-16(9-11-35-3)21(32)26-15(6-4-5-10-23)20(31)27-17(22(33)34)7-8-18(28)29/h13-17H,4-12,23-24H2,1-3H3,(H,25,30)(H,26,32)(H,27,31)(H,28,29)(H,33,34). The van der Waals surface area contributed by atoms with Crippen molar-refractivity contribution in [3.8, 4) is 0 Å². The maximum Gasteiger partial charge on any atom is 0.326 e. The number of carboxylic acid groups (broad SMARTS) is 2. The molecule has 0 heterocycles. The normalized spacial score (nSPS) is 14.5. The molecule has 0 saturated carbocycles. The molecule has 35 heavy (non-hydrogen) atoms. The summed E-state index contributed by atoms with van der Waals surface area (Å²) in [5.41, 5.74) is 11.5. The number of nitrogens with two attached hydrogens (primary N) is 2. The Morgan fingerprint density at radius 3 is 1.86 bits per heavy atom. The Morgan fingerprint density at radius 1 is 0.829 bits per heavy atom. The minimum atomic E-state index is -1.42. The van der Waals surface area contributed by atoms with Crippen LogP contribution in [0.3, 0.4) is 0 Å². The van der Waals surface area contributed by atoms with Gasteiger partial charge in [-0.1, -0.05) is 13.8 Å². The van der Waals surface area contributed by atoms with Gasteiger partial charge in [0, 0.05) is 6.42 Å². The molecule has 0 aromatic heterocycles. The second kappa shape index (κ2) is 18.0. The summed E-state index contributed by atoms with van der Waals surface area (Å²) in [7, 11) is 0. The quantitative estimate of drug-likeness (QED) is 0.110. The van der Waals surface area contributed by atoms with E-state index in [1.165, 1.54) is 11.8 Å². The first-order chi connectivity index (χ1) is 16.4. The van der Waals surface area contributed by atoms with Crippen molar-refractivity contribution in [1.29, 1.82) is 0 Å². The molecular formula is C22H41N5O7S. The summed E-state index contributed by atoms with van der Waals surface area (Å²) in [6.45, 7) is 4.23. The van der Waals surface area contributed by atoms with Crippen LogP contribution in [0.5, 0.6) is 0 Å². The molecule has 12 nitrogen and oxygen atoms in total. The van der Waals surface area contributed by atoms with Crippen LogP contribution in [0.2, 0.25) is 0 Å². The summed E-state index contributed by atoms with van der Waals surface area (Å²) in [4.78, 5) is 60.7. The lowest BCUT2D eigenvalue weighted by Crippen LogP contribution is -2.57. The Morgan fingerprint density at radius 2 is 1.37 bits per heavy atom. The van der Waals surface area contributed by atoms with Gasteiger partial charge in [0.25, 0.3) is 0 Å². The molecule has 4 unspecified atom stereocenters.